The predicted molar refractivity (Wildman–Crippen MR) is 133 cm³/mol. The van der Waals surface area contributed by atoms with Crippen LogP contribution in [0.3, 0.4) is 0 Å². The van der Waals surface area contributed by atoms with Crippen LogP contribution in [-0.4, -0.2) is 67.5 Å². The summed E-state index contributed by atoms with van der Waals surface area (Å²) in [6, 6.07) is 17.3. The lowest BCUT2D eigenvalue weighted by Crippen LogP contribution is -2.57. The minimum absolute atomic E-state index is 0.0698. The van der Waals surface area contributed by atoms with E-state index in [2.05, 4.69) is 5.32 Å². The molecule has 3 aromatic rings. The van der Waals surface area contributed by atoms with E-state index in [9.17, 15) is 22.8 Å². The smallest absolute Gasteiger partial charge is 0.262 e. The van der Waals surface area contributed by atoms with E-state index < -0.39 is 27.0 Å². The largest absolute Gasteiger partial charge is 0.336 e. The number of hydrogen-bond acceptors (Lipinski definition) is 6. The zero-order valence-electron chi connectivity index (χ0n) is 18.5. The van der Waals surface area contributed by atoms with Gasteiger partial charge in [-0.05, 0) is 41.8 Å². The minimum atomic E-state index is -4.23. The third-order valence-electron chi connectivity index (χ3n) is 5.56. The van der Waals surface area contributed by atoms with Crippen LogP contribution in [-0.2, 0) is 14.6 Å². The lowest BCUT2D eigenvalue weighted by atomic mass is 10.2. The van der Waals surface area contributed by atoms with E-state index in [4.69, 9.17) is 11.6 Å². The molecule has 1 fully saturated rings. The van der Waals surface area contributed by atoms with Crippen molar-refractivity contribution in [3.05, 3.63) is 87.6 Å². The number of halogens is 1. The molecule has 1 saturated heterocycles. The first-order valence-corrected chi connectivity index (χ1v) is 13.5. The molecule has 0 saturated carbocycles. The highest BCUT2D eigenvalue weighted by atomic mass is 35.5. The van der Waals surface area contributed by atoms with Crippen LogP contribution in [0.1, 0.15) is 20.0 Å². The maximum atomic E-state index is 13.4. The molecule has 1 aliphatic heterocycles. The standard InChI is InChI=1S/C24H22ClN3O5S2/c25-18-7-4-6-17(16-18)23(30)27-11-13-28(14-12-27)24(31)22(26-21(29)20-10-5-15-34-20)35(32,33)19-8-2-1-3-9-19/h1-10,15-16,22H,11-14H2,(H,26,29). The summed E-state index contributed by atoms with van der Waals surface area (Å²) in [5.41, 5.74) is 0.435. The van der Waals surface area contributed by atoms with E-state index in [1.807, 2.05) is 0 Å². The summed E-state index contributed by atoms with van der Waals surface area (Å²) < 4.78 is 26.8. The highest BCUT2D eigenvalue weighted by Gasteiger charge is 2.39. The predicted octanol–water partition coefficient (Wildman–Crippen LogP) is 2.92. The number of thiophene rings is 1. The van der Waals surface area contributed by atoms with Crippen molar-refractivity contribution in [1.29, 1.82) is 0 Å². The van der Waals surface area contributed by atoms with Gasteiger partial charge in [0.2, 0.25) is 15.2 Å². The third kappa shape index (κ3) is 5.55. The molecular formula is C24H22ClN3O5S2. The van der Waals surface area contributed by atoms with Gasteiger partial charge in [-0.1, -0.05) is 41.9 Å². The number of amides is 3. The molecule has 182 valence electrons. The molecule has 1 unspecified atom stereocenters. The minimum Gasteiger partial charge on any atom is -0.336 e. The summed E-state index contributed by atoms with van der Waals surface area (Å²) in [7, 11) is -4.23. The summed E-state index contributed by atoms with van der Waals surface area (Å²) in [4.78, 5) is 42.1. The van der Waals surface area contributed by atoms with E-state index in [1.54, 1.807) is 64.9 Å². The summed E-state index contributed by atoms with van der Waals surface area (Å²) >= 11 is 7.13. The molecule has 0 radical (unpaired) electrons. The maximum absolute atomic E-state index is 13.4. The molecule has 3 amide bonds. The second-order valence-electron chi connectivity index (χ2n) is 7.82. The van der Waals surface area contributed by atoms with Gasteiger partial charge in [-0.15, -0.1) is 11.3 Å². The van der Waals surface area contributed by atoms with Crippen LogP contribution < -0.4 is 5.32 Å². The summed E-state index contributed by atoms with van der Waals surface area (Å²) in [6.07, 6.45) is 0. The Morgan fingerprint density at radius 3 is 2.20 bits per heavy atom. The molecule has 2 heterocycles. The van der Waals surface area contributed by atoms with Crippen LogP contribution in [0.5, 0.6) is 0 Å². The van der Waals surface area contributed by atoms with Gasteiger partial charge >= 0.3 is 0 Å². The maximum Gasteiger partial charge on any atom is 0.262 e. The molecule has 1 atom stereocenters. The number of nitrogens with zero attached hydrogens (tertiary/aromatic N) is 2. The third-order valence-corrected chi connectivity index (χ3v) is 8.54. The topological polar surface area (TPSA) is 104 Å². The zero-order chi connectivity index (χ0) is 25.0. The molecule has 0 spiro atoms. The van der Waals surface area contributed by atoms with Crippen LogP contribution in [0.25, 0.3) is 0 Å². The summed E-state index contributed by atoms with van der Waals surface area (Å²) in [5.74, 6) is -1.61. The number of nitrogens with one attached hydrogen (secondary N) is 1. The lowest BCUT2D eigenvalue weighted by Gasteiger charge is -2.36. The number of piperazine rings is 1. The Morgan fingerprint density at radius 1 is 0.886 bits per heavy atom. The molecule has 4 rings (SSSR count). The van der Waals surface area contributed by atoms with Gasteiger partial charge in [0.1, 0.15) is 0 Å². The van der Waals surface area contributed by atoms with Crippen molar-refractivity contribution in [2.75, 3.05) is 26.2 Å². The zero-order valence-corrected chi connectivity index (χ0v) is 20.9. The molecule has 2 aromatic carbocycles. The molecule has 8 nitrogen and oxygen atoms in total. The number of benzene rings is 2. The molecule has 0 bridgehead atoms. The number of carbonyl (C=O) groups is 3. The van der Waals surface area contributed by atoms with Crippen molar-refractivity contribution >= 4 is 50.5 Å². The van der Waals surface area contributed by atoms with Gasteiger partial charge in [-0.3, -0.25) is 14.4 Å². The Balaban J connectivity index is 1.52. The number of rotatable bonds is 6. The molecule has 11 heteroatoms. The van der Waals surface area contributed by atoms with Gasteiger partial charge in [0.25, 0.3) is 17.7 Å². The second kappa shape index (κ2) is 10.6. The number of carbonyl (C=O) groups excluding carboxylic acids is 3. The molecule has 1 N–H and O–H groups in total. The van der Waals surface area contributed by atoms with Crippen LogP contribution >= 0.6 is 22.9 Å². The molecule has 35 heavy (non-hydrogen) atoms. The highest BCUT2D eigenvalue weighted by Crippen LogP contribution is 2.20. The quantitative estimate of drug-likeness (QED) is 0.527. The average Bonchev–Trinajstić information content (AvgIpc) is 3.42. The summed E-state index contributed by atoms with van der Waals surface area (Å²) in [6.45, 7) is 0.684. The molecule has 1 aromatic heterocycles. The Morgan fingerprint density at radius 2 is 1.57 bits per heavy atom. The van der Waals surface area contributed by atoms with Gasteiger partial charge in [-0.25, -0.2) is 8.42 Å². The van der Waals surface area contributed by atoms with E-state index in [0.717, 1.165) is 11.3 Å². The summed E-state index contributed by atoms with van der Waals surface area (Å²) in [5, 5.41) is 2.75. The lowest BCUT2D eigenvalue weighted by molar-refractivity contribution is -0.132. The van der Waals surface area contributed by atoms with Crippen LogP contribution in [0.15, 0.2) is 77.0 Å². The fraction of sp³-hybridized carbons (Fsp3) is 0.208. The SMILES string of the molecule is O=C(NC(C(=O)N1CCN(C(=O)c2cccc(Cl)c2)CC1)S(=O)(=O)c1ccccc1)c1cccs1. The fourth-order valence-electron chi connectivity index (χ4n) is 3.72. The average molecular weight is 532 g/mol. The van der Waals surface area contributed by atoms with Crippen LogP contribution in [0.2, 0.25) is 5.02 Å². The van der Waals surface area contributed by atoms with Crippen molar-refractivity contribution in [2.45, 2.75) is 10.3 Å². The fourth-order valence-corrected chi connectivity index (χ4v) is 6.02. The number of sulfone groups is 1. The number of hydrogen-bond donors (Lipinski definition) is 1. The first-order valence-electron chi connectivity index (χ1n) is 10.7. The van der Waals surface area contributed by atoms with Gasteiger partial charge in [0, 0.05) is 36.8 Å². The van der Waals surface area contributed by atoms with Gasteiger partial charge < -0.3 is 15.1 Å². The Hall–Kier alpha value is -3.21. The monoisotopic (exact) mass is 531 g/mol. The van der Waals surface area contributed by atoms with Crippen LogP contribution in [0.4, 0.5) is 0 Å². The Kier molecular flexibility index (Phi) is 7.54. The van der Waals surface area contributed by atoms with E-state index in [-0.39, 0.29) is 37.0 Å². The molecule has 0 aliphatic carbocycles. The van der Waals surface area contributed by atoms with Crippen molar-refractivity contribution in [3.8, 4) is 0 Å². The van der Waals surface area contributed by atoms with Crippen molar-refractivity contribution in [2.24, 2.45) is 0 Å². The van der Waals surface area contributed by atoms with E-state index in [0.29, 0.717) is 15.5 Å². The van der Waals surface area contributed by atoms with Crippen molar-refractivity contribution in [3.63, 3.8) is 0 Å². The molecule has 1 aliphatic rings. The van der Waals surface area contributed by atoms with Crippen molar-refractivity contribution < 1.29 is 22.8 Å². The first kappa shape index (κ1) is 24.9. The molecular weight excluding hydrogens is 510 g/mol. The first-order chi connectivity index (χ1) is 16.8. The van der Waals surface area contributed by atoms with Crippen LogP contribution in [0, 0.1) is 0 Å². The highest BCUT2D eigenvalue weighted by molar-refractivity contribution is 7.92. The van der Waals surface area contributed by atoms with E-state index in [1.165, 1.54) is 17.0 Å². The normalized spacial score (nSPS) is 14.9. The van der Waals surface area contributed by atoms with E-state index >= 15 is 0 Å². The van der Waals surface area contributed by atoms with Crippen molar-refractivity contribution in [1.82, 2.24) is 15.1 Å². The van der Waals surface area contributed by atoms with Gasteiger partial charge in [0.15, 0.2) is 0 Å². The Labute approximate surface area is 212 Å². The Bertz CT molecular complexity index is 1320. The van der Waals surface area contributed by atoms with Gasteiger partial charge in [-0.2, -0.15) is 0 Å². The van der Waals surface area contributed by atoms with Gasteiger partial charge in [0.05, 0.1) is 9.77 Å². The second-order valence-corrected chi connectivity index (χ2v) is 11.2.